The van der Waals surface area contributed by atoms with Crippen LogP contribution in [-0.4, -0.2) is 36.0 Å². The molecule has 2 fully saturated rings. The lowest BCUT2D eigenvalue weighted by molar-refractivity contribution is 0.0897. The molecule has 2 heterocycles. The third-order valence-electron chi connectivity index (χ3n) is 4.36. The van der Waals surface area contributed by atoms with Gasteiger partial charge in [0, 0.05) is 24.3 Å². The Balaban J connectivity index is 0.00000110. The molecule has 1 aromatic rings. The standard InChI is InChI=1S/C15H21N3O.2ClH/c16-14-6-2-1-5-13(14)15(19)17-11-7-9-18-8-3-4-12(18)10-11;;/h1-2,5-6,11-12H,3-4,7-10,16H2,(H,17,19);2*1H. The summed E-state index contributed by atoms with van der Waals surface area (Å²) in [5.41, 5.74) is 6.99. The SMILES string of the molecule is Cl.Cl.Nc1ccccc1C(=O)NC1CCN2CCCC2C1. The smallest absolute Gasteiger partial charge is 0.253 e. The number of amides is 1. The summed E-state index contributed by atoms with van der Waals surface area (Å²) in [6, 6.07) is 8.23. The third-order valence-corrected chi connectivity index (χ3v) is 4.36. The van der Waals surface area contributed by atoms with Gasteiger partial charge < -0.3 is 16.0 Å². The Labute approximate surface area is 138 Å². The number of nitrogens with two attached hydrogens (primary N) is 1. The van der Waals surface area contributed by atoms with Gasteiger partial charge in [-0.15, -0.1) is 24.8 Å². The highest BCUT2D eigenvalue weighted by molar-refractivity contribution is 5.99. The number of benzene rings is 1. The third kappa shape index (κ3) is 4.02. The Morgan fingerprint density at radius 3 is 2.71 bits per heavy atom. The van der Waals surface area contributed by atoms with E-state index < -0.39 is 0 Å². The van der Waals surface area contributed by atoms with Gasteiger partial charge in [0.2, 0.25) is 0 Å². The fourth-order valence-electron chi connectivity index (χ4n) is 3.32. The number of nitrogens with zero attached hydrogens (tertiary/aromatic N) is 1. The molecule has 2 saturated heterocycles. The Hall–Kier alpha value is -0.970. The maximum absolute atomic E-state index is 12.2. The Morgan fingerprint density at radius 1 is 1.19 bits per heavy atom. The molecular formula is C15H23Cl2N3O. The average molecular weight is 332 g/mol. The molecule has 118 valence electrons. The second kappa shape index (κ2) is 7.87. The summed E-state index contributed by atoms with van der Waals surface area (Å²) in [4.78, 5) is 14.8. The second-order valence-corrected chi connectivity index (χ2v) is 5.61. The highest BCUT2D eigenvalue weighted by atomic mass is 35.5. The Kier molecular flexibility index (Phi) is 6.78. The first-order valence-electron chi connectivity index (χ1n) is 7.13. The van der Waals surface area contributed by atoms with Gasteiger partial charge in [-0.2, -0.15) is 0 Å². The quantitative estimate of drug-likeness (QED) is 0.818. The first-order chi connectivity index (χ1) is 9.24. The van der Waals surface area contributed by atoms with Gasteiger partial charge in [-0.25, -0.2) is 0 Å². The van der Waals surface area contributed by atoms with Gasteiger partial charge in [-0.05, 0) is 44.4 Å². The van der Waals surface area contributed by atoms with E-state index in [4.69, 9.17) is 5.73 Å². The van der Waals surface area contributed by atoms with Gasteiger partial charge in [-0.3, -0.25) is 4.79 Å². The van der Waals surface area contributed by atoms with E-state index >= 15 is 0 Å². The van der Waals surface area contributed by atoms with Gasteiger partial charge in [0.25, 0.3) is 5.91 Å². The van der Waals surface area contributed by atoms with Gasteiger partial charge in [0.05, 0.1) is 5.56 Å². The first-order valence-corrected chi connectivity index (χ1v) is 7.13. The molecule has 21 heavy (non-hydrogen) atoms. The summed E-state index contributed by atoms with van der Waals surface area (Å²) in [5.74, 6) is -0.0328. The van der Waals surface area contributed by atoms with Crippen molar-refractivity contribution >= 4 is 36.4 Å². The molecule has 4 nitrogen and oxygen atoms in total. The largest absolute Gasteiger partial charge is 0.398 e. The van der Waals surface area contributed by atoms with E-state index in [1.54, 1.807) is 12.1 Å². The summed E-state index contributed by atoms with van der Waals surface area (Å²) < 4.78 is 0. The molecule has 1 aromatic carbocycles. The van der Waals surface area contributed by atoms with Crippen molar-refractivity contribution in [2.24, 2.45) is 0 Å². The van der Waals surface area contributed by atoms with Crippen LogP contribution in [0.15, 0.2) is 24.3 Å². The van der Waals surface area contributed by atoms with Crippen LogP contribution in [0.5, 0.6) is 0 Å². The van der Waals surface area contributed by atoms with Crippen molar-refractivity contribution in [1.82, 2.24) is 10.2 Å². The number of carbonyl (C=O) groups is 1. The number of hydrogen-bond donors (Lipinski definition) is 2. The zero-order valence-electron chi connectivity index (χ0n) is 12.0. The van der Waals surface area contributed by atoms with Crippen LogP contribution in [0, 0.1) is 0 Å². The lowest BCUT2D eigenvalue weighted by Gasteiger charge is -2.35. The topological polar surface area (TPSA) is 58.4 Å². The monoisotopic (exact) mass is 331 g/mol. The van der Waals surface area contributed by atoms with Crippen LogP contribution in [0.4, 0.5) is 5.69 Å². The van der Waals surface area contributed by atoms with Crippen molar-refractivity contribution in [1.29, 1.82) is 0 Å². The highest BCUT2D eigenvalue weighted by Gasteiger charge is 2.32. The highest BCUT2D eigenvalue weighted by Crippen LogP contribution is 2.27. The van der Waals surface area contributed by atoms with E-state index in [-0.39, 0.29) is 30.7 Å². The number of nitrogen functional groups attached to an aromatic ring is 1. The number of para-hydroxylation sites is 1. The van der Waals surface area contributed by atoms with Gasteiger partial charge in [-0.1, -0.05) is 12.1 Å². The number of rotatable bonds is 2. The summed E-state index contributed by atoms with van der Waals surface area (Å²) in [6.07, 6.45) is 4.71. The molecule has 0 aromatic heterocycles. The lowest BCUT2D eigenvalue weighted by Crippen LogP contribution is -2.47. The van der Waals surface area contributed by atoms with Crippen LogP contribution in [0.2, 0.25) is 0 Å². The Morgan fingerprint density at radius 2 is 1.95 bits per heavy atom. The van der Waals surface area contributed by atoms with E-state index in [9.17, 15) is 4.79 Å². The second-order valence-electron chi connectivity index (χ2n) is 5.61. The number of fused-ring (bicyclic) bond motifs is 1. The van der Waals surface area contributed by atoms with Crippen molar-refractivity contribution in [2.45, 2.75) is 37.8 Å². The van der Waals surface area contributed by atoms with Crippen molar-refractivity contribution in [3.05, 3.63) is 29.8 Å². The van der Waals surface area contributed by atoms with Crippen LogP contribution < -0.4 is 11.1 Å². The molecule has 3 rings (SSSR count). The Bertz CT molecular complexity index is 484. The zero-order valence-corrected chi connectivity index (χ0v) is 13.6. The predicted octanol–water partition coefficient (Wildman–Crippen LogP) is 2.47. The molecule has 0 spiro atoms. The van der Waals surface area contributed by atoms with Crippen LogP contribution in [-0.2, 0) is 0 Å². The van der Waals surface area contributed by atoms with E-state index in [1.165, 1.54) is 19.4 Å². The van der Waals surface area contributed by atoms with Gasteiger partial charge >= 0.3 is 0 Å². The number of nitrogens with one attached hydrogen (secondary N) is 1. The van der Waals surface area contributed by atoms with E-state index in [0.29, 0.717) is 23.3 Å². The average Bonchev–Trinajstić information content (AvgIpc) is 2.86. The summed E-state index contributed by atoms with van der Waals surface area (Å²) in [5, 5.41) is 3.14. The van der Waals surface area contributed by atoms with Crippen molar-refractivity contribution in [2.75, 3.05) is 18.8 Å². The fourth-order valence-corrected chi connectivity index (χ4v) is 3.32. The molecule has 0 saturated carbocycles. The van der Waals surface area contributed by atoms with Crippen LogP contribution in [0.1, 0.15) is 36.0 Å². The molecule has 2 aliphatic heterocycles. The maximum Gasteiger partial charge on any atom is 0.253 e. The molecule has 0 radical (unpaired) electrons. The molecule has 0 aliphatic carbocycles. The van der Waals surface area contributed by atoms with Crippen LogP contribution >= 0.6 is 24.8 Å². The molecule has 2 atom stereocenters. The van der Waals surface area contributed by atoms with E-state index in [1.807, 2.05) is 12.1 Å². The van der Waals surface area contributed by atoms with Crippen molar-refractivity contribution < 1.29 is 4.79 Å². The summed E-state index contributed by atoms with van der Waals surface area (Å²) >= 11 is 0. The molecule has 2 aliphatic rings. The minimum absolute atomic E-state index is 0. The van der Waals surface area contributed by atoms with E-state index in [2.05, 4.69) is 10.2 Å². The molecule has 3 N–H and O–H groups in total. The van der Waals surface area contributed by atoms with Crippen LogP contribution in [0.3, 0.4) is 0 Å². The fraction of sp³-hybridized carbons (Fsp3) is 0.533. The van der Waals surface area contributed by atoms with Crippen LogP contribution in [0.25, 0.3) is 0 Å². The number of anilines is 1. The minimum Gasteiger partial charge on any atom is -0.398 e. The lowest BCUT2D eigenvalue weighted by atomic mass is 9.97. The van der Waals surface area contributed by atoms with Gasteiger partial charge in [0.15, 0.2) is 0 Å². The number of hydrogen-bond acceptors (Lipinski definition) is 3. The molecule has 1 amide bonds. The van der Waals surface area contributed by atoms with E-state index in [0.717, 1.165) is 19.4 Å². The molecule has 2 unspecified atom stereocenters. The molecular weight excluding hydrogens is 309 g/mol. The number of carbonyl (C=O) groups excluding carboxylic acids is 1. The van der Waals surface area contributed by atoms with Crippen molar-refractivity contribution in [3.8, 4) is 0 Å². The summed E-state index contributed by atoms with van der Waals surface area (Å²) in [7, 11) is 0. The summed E-state index contributed by atoms with van der Waals surface area (Å²) in [6.45, 7) is 2.34. The zero-order chi connectivity index (χ0) is 13.2. The number of halogens is 2. The normalized spacial score (nSPS) is 24.4. The van der Waals surface area contributed by atoms with Gasteiger partial charge in [0.1, 0.15) is 0 Å². The van der Waals surface area contributed by atoms with Crippen molar-refractivity contribution in [3.63, 3.8) is 0 Å². The minimum atomic E-state index is -0.0328. The number of piperidine rings is 1. The predicted molar refractivity (Wildman–Crippen MR) is 90.4 cm³/mol. The molecule has 6 heteroatoms. The first kappa shape index (κ1) is 18.1. The maximum atomic E-state index is 12.2. The molecule has 0 bridgehead atoms.